The molecule has 0 aliphatic carbocycles. The first-order valence-corrected chi connectivity index (χ1v) is 3.78. The number of nitrogens with zero attached hydrogens (tertiary/aromatic N) is 3. The Balaban J connectivity index is 2.26. The summed E-state index contributed by atoms with van der Waals surface area (Å²) in [5.41, 5.74) is 2.73. The van der Waals surface area contributed by atoms with Crippen LogP contribution in [0.25, 0.3) is 0 Å². The van der Waals surface area contributed by atoms with E-state index in [-0.39, 0.29) is 0 Å². The molecule has 2 aliphatic heterocycles. The molecule has 2 aliphatic rings. The van der Waals surface area contributed by atoms with Gasteiger partial charge in [0, 0.05) is 7.05 Å². The zero-order valence-electron chi connectivity index (χ0n) is 7.24. The van der Waals surface area contributed by atoms with Gasteiger partial charge in [0.25, 0.3) is 0 Å². The van der Waals surface area contributed by atoms with Gasteiger partial charge in [-0.1, -0.05) is 0 Å². The molecule has 70 valence electrons. The number of hydrogen-bond donors (Lipinski definition) is 2. The highest BCUT2D eigenvalue weighted by molar-refractivity contribution is 5.98. The average molecular weight is 183 g/mol. The Morgan fingerprint density at radius 1 is 1.46 bits per heavy atom. The fourth-order valence-corrected chi connectivity index (χ4v) is 1.21. The molecule has 1 saturated heterocycles. The standard InChI is InChI=1S/C6H9N5O2/c1-3-7-4-8-5(12)10(2)6(13)11(4)9-3/h4H,1-2H3,(H,7,9)(H,8,12). The monoisotopic (exact) mass is 183 g/mol. The van der Waals surface area contributed by atoms with Gasteiger partial charge in [-0.15, -0.1) is 0 Å². The van der Waals surface area contributed by atoms with E-state index in [1.807, 2.05) is 0 Å². The van der Waals surface area contributed by atoms with E-state index >= 15 is 0 Å². The van der Waals surface area contributed by atoms with Crippen LogP contribution in [0.2, 0.25) is 0 Å². The van der Waals surface area contributed by atoms with Crippen molar-refractivity contribution in [3.63, 3.8) is 0 Å². The Morgan fingerprint density at radius 2 is 2.15 bits per heavy atom. The summed E-state index contributed by atoms with van der Waals surface area (Å²) >= 11 is 0. The number of hydrogen-bond acceptors (Lipinski definition) is 4. The first-order valence-electron chi connectivity index (χ1n) is 3.78. The lowest BCUT2D eigenvalue weighted by molar-refractivity contribution is 0.108. The highest BCUT2D eigenvalue weighted by Crippen LogP contribution is 2.11. The van der Waals surface area contributed by atoms with Crippen LogP contribution >= 0.6 is 0 Å². The summed E-state index contributed by atoms with van der Waals surface area (Å²) in [6, 6.07) is -0.846. The molecule has 2 N–H and O–H groups in total. The minimum absolute atomic E-state index is 0.408. The topological polar surface area (TPSA) is 77.0 Å². The molecule has 7 heteroatoms. The number of carbonyl (C=O) groups excluding carboxylic acids is 2. The predicted octanol–water partition coefficient (Wildman–Crippen LogP) is -0.716. The number of carbonyl (C=O) groups is 2. The molecule has 2 heterocycles. The first kappa shape index (κ1) is 7.84. The Kier molecular flexibility index (Phi) is 1.42. The van der Waals surface area contributed by atoms with Gasteiger partial charge in [-0.05, 0) is 6.92 Å². The summed E-state index contributed by atoms with van der Waals surface area (Å²) in [6.07, 6.45) is -0.601. The summed E-state index contributed by atoms with van der Waals surface area (Å²) in [4.78, 5) is 27.5. The van der Waals surface area contributed by atoms with E-state index in [4.69, 9.17) is 0 Å². The molecule has 13 heavy (non-hydrogen) atoms. The summed E-state index contributed by atoms with van der Waals surface area (Å²) in [6.45, 7) is 1.72. The molecule has 2 rings (SSSR count). The van der Waals surface area contributed by atoms with Crippen molar-refractivity contribution in [3.8, 4) is 0 Å². The molecule has 0 aromatic heterocycles. The Hall–Kier alpha value is -1.79. The molecule has 0 bridgehead atoms. The molecule has 0 saturated carbocycles. The number of rotatable bonds is 0. The average Bonchev–Trinajstić information content (AvgIpc) is 2.42. The molecule has 0 aromatic rings. The molecule has 0 radical (unpaired) electrons. The second-order valence-electron chi connectivity index (χ2n) is 2.86. The van der Waals surface area contributed by atoms with Gasteiger partial charge in [0.1, 0.15) is 5.84 Å². The quantitative estimate of drug-likeness (QED) is 0.520. The number of nitrogens with one attached hydrogen (secondary N) is 2. The van der Waals surface area contributed by atoms with Gasteiger partial charge >= 0.3 is 12.1 Å². The number of amides is 4. The maximum Gasteiger partial charge on any atom is 0.350 e. The lowest BCUT2D eigenvalue weighted by atomic mass is 10.6. The molecule has 1 unspecified atom stereocenters. The third kappa shape index (κ3) is 1.00. The molecule has 4 amide bonds. The van der Waals surface area contributed by atoms with Crippen LogP contribution in [-0.2, 0) is 0 Å². The largest absolute Gasteiger partial charge is 0.350 e. The highest BCUT2D eigenvalue weighted by Gasteiger charge is 2.39. The van der Waals surface area contributed by atoms with Crippen molar-refractivity contribution in [2.24, 2.45) is 4.99 Å². The molecular formula is C6H9N5O2. The van der Waals surface area contributed by atoms with E-state index in [2.05, 4.69) is 15.7 Å². The van der Waals surface area contributed by atoms with Gasteiger partial charge in [0.05, 0.1) is 0 Å². The highest BCUT2D eigenvalue weighted by atomic mass is 16.2. The molecule has 0 aromatic carbocycles. The zero-order valence-corrected chi connectivity index (χ0v) is 7.24. The second-order valence-corrected chi connectivity index (χ2v) is 2.86. The molecule has 0 spiro atoms. The van der Waals surface area contributed by atoms with Gasteiger partial charge < -0.3 is 0 Å². The van der Waals surface area contributed by atoms with Gasteiger partial charge in [-0.25, -0.2) is 19.5 Å². The second kappa shape index (κ2) is 2.35. The van der Waals surface area contributed by atoms with E-state index in [0.717, 1.165) is 4.90 Å². The number of amidine groups is 1. The van der Waals surface area contributed by atoms with Crippen molar-refractivity contribution < 1.29 is 9.59 Å². The lowest BCUT2D eigenvalue weighted by Crippen LogP contribution is -2.64. The molecule has 7 nitrogen and oxygen atoms in total. The molecule has 1 atom stereocenters. The summed E-state index contributed by atoms with van der Waals surface area (Å²) in [7, 11) is 1.41. The SMILES string of the molecule is CC1=NC2NC(=O)N(C)C(=O)N2N1. The van der Waals surface area contributed by atoms with Crippen LogP contribution in [0.15, 0.2) is 4.99 Å². The van der Waals surface area contributed by atoms with Crippen molar-refractivity contribution in [3.05, 3.63) is 0 Å². The van der Waals surface area contributed by atoms with Crippen LogP contribution in [-0.4, -0.2) is 41.1 Å². The van der Waals surface area contributed by atoms with Crippen molar-refractivity contribution in [2.45, 2.75) is 13.2 Å². The van der Waals surface area contributed by atoms with E-state index in [0.29, 0.717) is 5.84 Å². The van der Waals surface area contributed by atoms with Gasteiger partial charge in [-0.2, -0.15) is 5.01 Å². The van der Waals surface area contributed by atoms with Crippen molar-refractivity contribution in [1.82, 2.24) is 20.7 Å². The minimum atomic E-state index is -0.601. The third-order valence-electron chi connectivity index (χ3n) is 1.89. The summed E-state index contributed by atoms with van der Waals surface area (Å²) < 4.78 is 0. The number of aliphatic imine (C=N–C) groups is 1. The lowest BCUT2D eigenvalue weighted by Gasteiger charge is -2.32. The van der Waals surface area contributed by atoms with Crippen molar-refractivity contribution in [2.75, 3.05) is 7.05 Å². The maximum atomic E-state index is 11.4. The van der Waals surface area contributed by atoms with Crippen molar-refractivity contribution >= 4 is 17.9 Å². The van der Waals surface area contributed by atoms with E-state index < -0.39 is 18.4 Å². The van der Waals surface area contributed by atoms with Crippen LogP contribution in [0, 0.1) is 0 Å². The van der Waals surface area contributed by atoms with E-state index in [9.17, 15) is 9.59 Å². The van der Waals surface area contributed by atoms with Crippen LogP contribution in [0.1, 0.15) is 6.92 Å². The van der Waals surface area contributed by atoms with Gasteiger partial charge in [0.15, 0.2) is 0 Å². The summed E-state index contributed by atoms with van der Waals surface area (Å²) in [5, 5.41) is 3.79. The maximum absolute atomic E-state index is 11.4. The number of imide groups is 1. The fourth-order valence-electron chi connectivity index (χ4n) is 1.21. The number of hydrazine groups is 1. The van der Waals surface area contributed by atoms with Gasteiger partial charge in [0.2, 0.25) is 6.29 Å². The minimum Gasteiger partial charge on any atom is -0.297 e. The molecular weight excluding hydrogens is 174 g/mol. The van der Waals surface area contributed by atoms with Gasteiger partial charge in [-0.3, -0.25) is 10.7 Å². The predicted molar refractivity (Wildman–Crippen MR) is 43.6 cm³/mol. The Bertz CT molecular complexity index is 312. The van der Waals surface area contributed by atoms with Crippen LogP contribution in [0.5, 0.6) is 0 Å². The zero-order chi connectivity index (χ0) is 9.59. The van der Waals surface area contributed by atoms with Crippen molar-refractivity contribution in [1.29, 1.82) is 0 Å². The summed E-state index contributed by atoms with van der Waals surface area (Å²) in [5.74, 6) is 0.606. The smallest absolute Gasteiger partial charge is 0.297 e. The third-order valence-corrected chi connectivity index (χ3v) is 1.89. The normalized spacial score (nSPS) is 26.6. The van der Waals surface area contributed by atoms with Crippen LogP contribution < -0.4 is 10.7 Å². The Morgan fingerprint density at radius 3 is 2.85 bits per heavy atom. The van der Waals surface area contributed by atoms with E-state index in [1.165, 1.54) is 12.1 Å². The number of fused-ring (bicyclic) bond motifs is 1. The Labute approximate surface area is 74.4 Å². The fraction of sp³-hybridized carbons (Fsp3) is 0.500. The van der Waals surface area contributed by atoms with Crippen LogP contribution in [0.3, 0.4) is 0 Å². The van der Waals surface area contributed by atoms with E-state index in [1.54, 1.807) is 6.92 Å². The van der Waals surface area contributed by atoms with Crippen LogP contribution in [0.4, 0.5) is 9.59 Å². The number of urea groups is 2. The molecule has 1 fully saturated rings. The first-order chi connectivity index (χ1) is 6.09.